The van der Waals surface area contributed by atoms with Gasteiger partial charge in [0.05, 0.1) is 0 Å². The number of hydrogen-bond acceptors (Lipinski definition) is 2. The summed E-state index contributed by atoms with van der Waals surface area (Å²) < 4.78 is 0. The van der Waals surface area contributed by atoms with E-state index < -0.39 is 0 Å². The van der Waals surface area contributed by atoms with E-state index in [4.69, 9.17) is 0 Å². The van der Waals surface area contributed by atoms with Gasteiger partial charge in [-0.1, -0.05) is 6.08 Å². The summed E-state index contributed by atoms with van der Waals surface area (Å²) in [4.78, 5) is 2.25. The Balaban J connectivity index is 3.04. The van der Waals surface area contributed by atoms with Crippen LogP contribution in [0.3, 0.4) is 0 Å². The van der Waals surface area contributed by atoms with E-state index in [0.29, 0.717) is 0 Å². The molecule has 0 aromatic rings. The van der Waals surface area contributed by atoms with Crippen molar-refractivity contribution in [3.63, 3.8) is 0 Å². The second-order valence-corrected chi connectivity index (χ2v) is 2.51. The van der Waals surface area contributed by atoms with Crippen molar-refractivity contribution < 1.29 is 0 Å². The highest BCUT2D eigenvalue weighted by molar-refractivity contribution is 4.70. The van der Waals surface area contributed by atoms with Crippen molar-refractivity contribution in [2.75, 3.05) is 33.7 Å². The molecule has 0 saturated carbocycles. The summed E-state index contributed by atoms with van der Waals surface area (Å²) in [6, 6.07) is 0. The van der Waals surface area contributed by atoms with Crippen molar-refractivity contribution in [1.29, 1.82) is 0 Å². The predicted octanol–water partition coefficient (Wildman–Crippen LogP) is 0.714. The van der Waals surface area contributed by atoms with E-state index in [1.165, 1.54) is 6.42 Å². The highest BCUT2D eigenvalue weighted by Gasteiger charge is 1.92. The van der Waals surface area contributed by atoms with Crippen LogP contribution in [0.25, 0.3) is 0 Å². The summed E-state index contributed by atoms with van der Waals surface area (Å²) in [6.45, 7) is 6.91. The fourth-order valence-corrected chi connectivity index (χ4v) is 0.837. The molecule has 2 nitrogen and oxygen atoms in total. The van der Waals surface area contributed by atoms with Crippen LogP contribution in [-0.4, -0.2) is 38.6 Å². The van der Waals surface area contributed by atoms with Gasteiger partial charge < -0.3 is 10.2 Å². The smallest absolute Gasteiger partial charge is 0.0157 e. The van der Waals surface area contributed by atoms with Gasteiger partial charge in [0.1, 0.15) is 0 Å². The SMILES string of the molecule is C=CCN(C)CCCNC. The molecule has 0 heterocycles. The van der Waals surface area contributed by atoms with E-state index in [-0.39, 0.29) is 0 Å². The highest BCUT2D eigenvalue weighted by Crippen LogP contribution is 1.84. The first kappa shape index (κ1) is 9.66. The molecule has 0 bridgehead atoms. The molecule has 0 spiro atoms. The van der Waals surface area contributed by atoms with Gasteiger partial charge in [-0.2, -0.15) is 0 Å². The first-order valence-electron chi connectivity index (χ1n) is 3.75. The number of hydrogen-bond donors (Lipinski definition) is 1. The average molecular weight is 142 g/mol. The maximum Gasteiger partial charge on any atom is 0.0157 e. The average Bonchev–Trinajstić information content (AvgIpc) is 1.89. The minimum atomic E-state index is 0.990. The largest absolute Gasteiger partial charge is 0.320 e. The topological polar surface area (TPSA) is 15.3 Å². The molecule has 10 heavy (non-hydrogen) atoms. The van der Waals surface area contributed by atoms with Crippen LogP contribution in [0.1, 0.15) is 6.42 Å². The summed E-state index contributed by atoms with van der Waals surface area (Å²) in [5.74, 6) is 0. The Bertz CT molecular complexity index is 81.3. The van der Waals surface area contributed by atoms with Crippen molar-refractivity contribution >= 4 is 0 Å². The first-order valence-corrected chi connectivity index (χ1v) is 3.75. The van der Waals surface area contributed by atoms with Crippen LogP contribution in [0.2, 0.25) is 0 Å². The second kappa shape index (κ2) is 6.78. The van der Waals surface area contributed by atoms with Crippen molar-refractivity contribution in [3.8, 4) is 0 Å². The fraction of sp³-hybridized carbons (Fsp3) is 0.750. The zero-order valence-electron chi connectivity index (χ0n) is 7.06. The van der Waals surface area contributed by atoms with Crippen LogP contribution in [0, 0.1) is 0 Å². The van der Waals surface area contributed by atoms with Gasteiger partial charge in [-0.25, -0.2) is 0 Å². The van der Waals surface area contributed by atoms with E-state index >= 15 is 0 Å². The Morgan fingerprint density at radius 3 is 2.80 bits per heavy atom. The predicted molar refractivity (Wildman–Crippen MR) is 46.2 cm³/mol. The van der Waals surface area contributed by atoms with Gasteiger partial charge in [0, 0.05) is 6.54 Å². The third-order valence-electron chi connectivity index (χ3n) is 1.41. The quantitative estimate of drug-likeness (QED) is 0.434. The minimum Gasteiger partial charge on any atom is -0.320 e. The van der Waals surface area contributed by atoms with E-state index in [1.807, 2.05) is 13.1 Å². The molecule has 0 fully saturated rings. The molecule has 0 amide bonds. The molecule has 0 radical (unpaired) electrons. The van der Waals surface area contributed by atoms with Gasteiger partial charge in [-0.05, 0) is 33.6 Å². The molecule has 0 unspecified atom stereocenters. The molecular weight excluding hydrogens is 124 g/mol. The number of likely N-dealkylation sites (N-methyl/N-ethyl adjacent to an activating group) is 1. The molecular formula is C8H18N2. The van der Waals surface area contributed by atoms with Gasteiger partial charge in [-0.3, -0.25) is 0 Å². The second-order valence-electron chi connectivity index (χ2n) is 2.51. The van der Waals surface area contributed by atoms with Crippen LogP contribution in [0.4, 0.5) is 0 Å². The fourth-order valence-electron chi connectivity index (χ4n) is 0.837. The van der Waals surface area contributed by atoms with Gasteiger partial charge in [0.25, 0.3) is 0 Å². The zero-order chi connectivity index (χ0) is 7.82. The van der Waals surface area contributed by atoms with Crippen LogP contribution < -0.4 is 5.32 Å². The molecule has 0 aliphatic heterocycles. The summed E-state index contributed by atoms with van der Waals surface area (Å²) in [5, 5.41) is 3.11. The Labute approximate surface area is 63.9 Å². The van der Waals surface area contributed by atoms with Crippen molar-refractivity contribution in [1.82, 2.24) is 10.2 Å². The summed E-state index contributed by atoms with van der Waals surface area (Å²) in [7, 11) is 4.09. The molecule has 2 heteroatoms. The Morgan fingerprint density at radius 2 is 2.30 bits per heavy atom. The van der Waals surface area contributed by atoms with Gasteiger partial charge in [0.2, 0.25) is 0 Å². The number of nitrogens with zero attached hydrogens (tertiary/aromatic N) is 1. The standard InChI is InChI=1S/C8H18N2/c1-4-7-10(3)8-5-6-9-2/h4,9H,1,5-8H2,2-3H3. The molecule has 60 valence electrons. The molecule has 0 aromatic carbocycles. The molecule has 0 saturated heterocycles. The minimum absolute atomic E-state index is 0.990. The molecule has 0 aliphatic rings. The van der Waals surface area contributed by atoms with Crippen LogP contribution in [0.15, 0.2) is 12.7 Å². The maximum atomic E-state index is 3.67. The van der Waals surface area contributed by atoms with Gasteiger partial charge in [0.15, 0.2) is 0 Å². The molecule has 1 N–H and O–H groups in total. The van der Waals surface area contributed by atoms with Crippen LogP contribution in [-0.2, 0) is 0 Å². The van der Waals surface area contributed by atoms with Gasteiger partial charge in [-0.15, -0.1) is 6.58 Å². The Kier molecular flexibility index (Phi) is 6.55. The molecule has 0 aromatic heterocycles. The number of nitrogens with one attached hydrogen (secondary N) is 1. The number of rotatable bonds is 6. The highest BCUT2D eigenvalue weighted by atomic mass is 15.1. The van der Waals surface area contributed by atoms with E-state index in [0.717, 1.165) is 19.6 Å². The first-order chi connectivity index (χ1) is 4.81. The lowest BCUT2D eigenvalue weighted by molar-refractivity contribution is 0.362. The molecule has 0 atom stereocenters. The third kappa shape index (κ3) is 5.79. The normalized spacial score (nSPS) is 10.3. The summed E-state index contributed by atoms with van der Waals surface area (Å²) >= 11 is 0. The Morgan fingerprint density at radius 1 is 1.60 bits per heavy atom. The summed E-state index contributed by atoms with van der Waals surface area (Å²) in [5.41, 5.74) is 0. The zero-order valence-corrected chi connectivity index (χ0v) is 7.06. The lowest BCUT2D eigenvalue weighted by atomic mass is 10.4. The van der Waals surface area contributed by atoms with Crippen molar-refractivity contribution in [2.45, 2.75) is 6.42 Å². The summed E-state index contributed by atoms with van der Waals surface area (Å²) in [6.07, 6.45) is 3.14. The molecule has 0 aliphatic carbocycles. The monoisotopic (exact) mass is 142 g/mol. The van der Waals surface area contributed by atoms with Gasteiger partial charge >= 0.3 is 0 Å². The Hall–Kier alpha value is -0.340. The van der Waals surface area contributed by atoms with Crippen LogP contribution in [0.5, 0.6) is 0 Å². The van der Waals surface area contributed by atoms with E-state index in [2.05, 4.69) is 23.8 Å². The lowest BCUT2D eigenvalue weighted by Crippen LogP contribution is -2.22. The van der Waals surface area contributed by atoms with E-state index in [9.17, 15) is 0 Å². The van der Waals surface area contributed by atoms with E-state index in [1.54, 1.807) is 0 Å². The maximum absolute atomic E-state index is 3.67. The third-order valence-corrected chi connectivity index (χ3v) is 1.41. The van der Waals surface area contributed by atoms with Crippen molar-refractivity contribution in [3.05, 3.63) is 12.7 Å². The van der Waals surface area contributed by atoms with Crippen LogP contribution >= 0.6 is 0 Å². The van der Waals surface area contributed by atoms with Crippen molar-refractivity contribution in [2.24, 2.45) is 0 Å². The lowest BCUT2D eigenvalue weighted by Gasteiger charge is -2.12. The molecule has 0 rings (SSSR count).